The largest absolute Gasteiger partial charge is 0.507 e. The van der Waals surface area contributed by atoms with Gasteiger partial charge in [-0.3, -0.25) is 0 Å². The second kappa shape index (κ2) is 5.81. The van der Waals surface area contributed by atoms with Gasteiger partial charge in [-0.25, -0.2) is 4.79 Å². The summed E-state index contributed by atoms with van der Waals surface area (Å²) >= 11 is 0. The molecule has 22 heavy (non-hydrogen) atoms. The van der Waals surface area contributed by atoms with E-state index in [0.717, 1.165) is 11.1 Å². The van der Waals surface area contributed by atoms with Crippen LogP contribution >= 0.6 is 0 Å². The van der Waals surface area contributed by atoms with E-state index >= 15 is 0 Å². The molecular formula is C17H14O5. The summed E-state index contributed by atoms with van der Waals surface area (Å²) in [6.07, 6.45) is 2.96. The Labute approximate surface area is 127 Å². The van der Waals surface area contributed by atoms with Gasteiger partial charge in [0, 0.05) is 11.6 Å². The maximum absolute atomic E-state index is 11.1. The monoisotopic (exact) mass is 298 g/mol. The first-order chi connectivity index (χ1) is 10.7. The zero-order valence-electron chi connectivity index (χ0n) is 11.9. The second-order valence-electron chi connectivity index (χ2n) is 4.70. The average Bonchev–Trinajstić information content (AvgIpc) is 3.01. The molecule has 0 unspecified atom stereocenters. The van der Waals surface area contributed by atoms with Crippen molar-refractivity contribution in [3.05, 3.63) is 48.0 Å². The van der Waals surface area contributed by atoms with Gasteiger partial charge in [-0.15, -0.1) is 0 Å². The fourth-order valence-corrected chi connectivity index (χ4v) is 2.18. The third-order valence-corrected chi connectivity index (χ3v) is 3.32. The number of ether oxygens (including phenoxy) is 3. The van der Waals surface area contributed by atoms with Crippen LogP contribution in [0, 0.1) is 0 Å². The van der Waals surface area contributed by atoms with Crippen molar-refractivity contribution in [1.82, 2.24) is 0 Å². The van der Waals surface area contributed by atoms with Gasteiger partial charge in [0.1, 0.15) is 5.75 Å². The Morgan fingerprint density at radius 1 is 1.18 bits per heavy atom. The number of hydrogen-bond donors (Lipinski definition) is 1. The molecule has 2 aromatic rings. The molecule has 0 saturated carbocycles. The number of phenolic OH excluding ortho intramolecular Hbond substituents is 1. The molecule has 0 aromatic heterocycles. The van der Waals surface area contributed by atoms with Crippen LogP contribution in [0.4, 0.5) is 0 Å². The summed E-state index contributed by atoms with van der Waals surface area (Å²) in [7, 11) is 1.32. The SMILES string of the molecule is COC(=O)/C=C/c1ccc(O)c(-c2ccc3c(c2)OCO3)c1. The van der Waals surface area contributed by atoms with Crippen molar-refractivity contribution < 1.29 is 24.1 Å². The Kier molecular flexibility index (Phi) is 3.70. The molecule has 0 saturated heterocycles. The minimum atomic E-state index is -0.433. The van der Waals surface area contributed by atoms with Crippen molar-refractivity contribution in [3.8, 4) is 28.4 Å². The van der Waals surface area contributed by atoms with Gasteiger partial charge in [0.25, 0.3) is 0 Å². The normalized spacial score (nSPS) is 12.6. The smallest absolute Gasteiger partial charge is 0.330 e. The Morgan fingerprint density at radius 3 is 2.82 bits per heavy atom. The van der Waals surface area contributed by atoms with Crippen LogP contribution in [-0.4, -0.2) is 25.0 Å². The lowest BCUT2D eigenvalue weighted by Crippen LogP contribution is -1.93. The fraction of sp³-hybridized carbons (Fsp3) is 0.118. The van der Waals surface area contributed by atoms with E-state index in [1.165, 1.54) is 13.2 Å². The first-order valence-corrected chi connectivity index (χ1v) is 6.66. The highest BCUT2D eigenvalue weighted by Gasteiger charge is 2.15. The minimum Gasteiger partial charge on any atom is -0.507 e. The predicted octanol–water partition coefficient (Wildman–Crippen LogP) is 2.97. The molecule has 112 valence electrons. The summed E-state index contributed by atoms with van der Waals surface area (Å²) < 4.78 is 15.2. The topological polar surface area (TPSA) is 65.0 Å². The molecule has 2 aromatic carbocycles. The summed E-state index contributed by atoms with van der Waals surface area (Å²) in [6.45, 7) is 0.201. The van der Waals surface area contributed by atoms with Crippen LogP contribution in [0.5, 0.6) is 17.2 Å². The van der Waals surface area contributed by atoms with E-state index in [1.54, 1.807) is 30.3 Å². The molecule has 1 aliphatic rings. The van der Waals surface area contributed by atoms with Crippen molar-refractivity contribution in [3.63, 3.8) is 0 Å². The molecule has 0 fully saturated rings. The van der Waals surface area contributed by atoms with Crippen LogP contribution in [0.25, 0.3) is 17.2 Å². The van der Waals surface area contributed by atoms with Crippen LogP contribution < -0.4 is 9.47 Å². The summed E-state index contributed by atoms with van der Waals surface area (Å²) in [6, 6.07) is 10.5. The van der Waals surface area contributed by atoms with E-state index in [2.05, 4.69) is 4.74 Å². The Balaban J connectivity index is 1.96. The fourth-order valence-electron chi connectivity index (χ4n) is 2.18. The van der Waals surface area contributed by atoms with Crippen LogP contribution in [0.2, 0.25) is 0 Å². The summed E-state index contributed by atoms with van der Waals surface area (Å²) in [5.74, 6) is 1.05. The molecule has 1 aliphatic heterocycles. The van der Waals surface area contributed by atoms with Gasteiger partial charge in [-0.1, -0.05) is 12.1 Å². The van der Waals surface area contributed by atoms with E-state index in [4.69, 9.17) is 9.47 Å². The molecule has 0 radical (unpaired) electrons. The highest BCUT2D eigenvalue weighted by atomic mass is 16.7. The van der Waals surface area contributed by atoms with Crippen LogP contribution in [-0.2, 0) is 9.53 Å². The number of phenols is 1. The standard InChI is InChI=1S/C17H14O5/c1-20-17(19)7-3-11-2-5-14(18)13(8-11)12-4-6-15-16(9-12)22-10-21-15/h2-9,18H,10H2,1H3/b7-3+. The lowest BCUT2D eigenvalue weighted by atomic mass is 10.0. The van der Waals surface area contributed by atoms with E-state index in [0.29, 0.717) is 17.1 Å². The van der Waals surface area contributed by atoms with E-state index in [-0.39, 0.29) is 12.5 Å². The number of hydrogen-bond acceptors (Lipinski definition) is 5. The first kappa shape index (κ1) is 14.0. The Hall–Kier alpha value is -2.95. The third-order valence-electron chi connectivity index (χ3n) is 3.32. The quantitative estimate of drug-likeness (QED) is 0.697. The number of rotatable bonds is 3. The predicted molar refractivity (Wildman–Crippen MR) is 80.7 cm³/mol. The van der Waals surface area contributed by atoms with E-state index in [9.17, 15) is 9.90 Å². The van der Waals surface area contributed by atoms with Crippen LogP contribution in [0.15, 0.2) is 42.5 Å². The van der Waals surface area contributed by atoms with Crippen molar-refractivity contribution in [2.24, 2.45) is 0 Å². The molecule has 1 heterocycles. The number of fused-ring (bicyclic) bond motifs is 1. The van der Waals surface area contributed by atoms with Gasteiger partial charge < -0.3 is 19.3 Å². The average molecular weight is 298 g/mol. The van der Waals surface area contributed by atoms with Crippen molar-refractivity contribution in [2.75, 3.05) is 13.9 Å². The Morgan fingerprint density at radius 2 is 2.00 bits per heavy atom. The summed E-state index contributed by atoms with van der Waals surface area (Å²) in [5.41, 5.74) is 2.22. The minimum absolute atomic E-state index is 0.147. The van der Waals surface area contributed by atoms with Gasteiger partial charge in [-0.05, 0) is 41.5 Å². The van der Waals surface area contributed by atoms with Gasteiger partial charge in [-0.2, -0.15) is 0 Å². The number of carbonyl (C=O) groups excluding carboxylic acids is 1. The molecule has 5 heteroatoms. The molecule has 0 spiro atoms. The maximum atomic E-state index is 11.1. The van der Waals surface area contributed by atoms with Crippen molar-refractivity contribution in [2.45, 2.75) is 0 Å². The van der Waals surface area contributed by atoms with Crippen molar-refractivity contribution >= 4 is 12.0 Å². The van der Waals surface area contributed by atoms with Crippen molar-refractivity contribution in [1.29, 1.82) is 0 Å². The zero-order valence-corrected chi connectivity index (χ0v) is 11.9. The van der Waals surface area contributed by atoms with Gasteiger partial charge >= 0.3 is 5.97 Å². The van der Waals surface area contributed by atoms with E-state index < -0.39 is 5.97 Å². The number of aromatic hydroxyl groups is 1. The lowest BCUT2D eigenvalue weighted by Gasteiger charge is -2.07. The van der Waals surface area contributed by atoms with Crippen LogP contribution in [0.1, 0.15) is 5.56 Å². The molecule has 3 rings (SSSR count). The maximum Gasteiger partial charge on any atom is 0.330 e. The van der Waals surface area contributed by atoms with Gasteiger partial charge in [0.05, 0.1) is 7.11 Å². The van der Waals surface area contributed by atoms with Gasteiger partial charge in [0.2, 0.25) is 6.79 Å². The molecule has 0 bridgehead atoms. The highest BCUT2D eigenvalue weighted by Crippen LogP contribution is 2.38. The number of carbonyl (C=O) groups is 1. The molecule has 0 atom stereocenters. The number of esters is 1. The number of benzene rings is 2. The third kappa shape index (κ3) is 2.74. The molecule has 0 amide bonds. The summed E-state index contributed by atoms with van der Waals surface area (Å²) in [5, 5.41) is 10.1. The van der Waals surface area contributed by atoms with Gasteiger partial charge in [0.15, 0.2) is 11.5 Å². The molecule has 0 aliphatic carbocycles. The first-order valence-electron chi connectivity index (χ1n) is 6.66. The second-order valence-corrected chi connectivity index (χ2v) is 4.70. The summed E-state index contributed by atoms with van der Waals surface area (Å²) in [4.78, 5) is 11.1. The lowest BCUT2D eigenvalue weighted by molar-refractivity contribution is -0.134. The molecule has 5 nitrogen and oxygen atoms in total. The molecular weight excluding hydrogens is 284 g/mol. The van der Waals surface area contributed by atoms with E-state index in [1.807, 2.05) is 12.1 Å². The van der Waals surface area contributed by atoms with Crippen LogP contribution in [0.3, 0.4) is 0 Å². The molecule has 1 N–H and O–H groups in total. The zero-order chi connectivity index (χ0) is 15.5. The Bertz CT molecular complexity index is 749. The highest BCUT2D eigenvalue weighted by molar-refractivity contribution is 5.87. The number of methoxy groups -OCH3 is 1.